The molecule has 3 rings (SSSR count). The smallest absolute Gasteiger partial charge is 0.328 e. The number of carbonyl (C=O) groups excluding carboxylic acids is 2. The Bertz CT molecular complexity index is 1070. The van der Waals surface area contributed by atoms with Crippen molar-refractivity contribution in [2.75, 3.05) is 7.11 Å². The molecule has 0 spiro atoms. The van der Waals surface area contributed by atoms with Crippen LogP contribution in [-0.2, 0) is 9.53 Å². The Morgan fingerprint density at radius 1 is 1.07 bits per heavy atom. The van der Waals surface area contributed by atoms with E-state index in [2.05, 4.69) is 10.3 Å². The highest BCUT2D eigenvalue weighted by Gasteiger charge is 2.25. The van der Waals surface area contributed by atoms with E-state index in [-0.39, 0.29) is 17.4 Å². The fourth-order valence-electron chi connectivity index (χ4n) is 2.88. The van der Waals surface area contributed by atoms with Crippen molar-refractivity contribution in [3.8, 4) is 5.69 Å². The SMILES string of the molecule is COC(=O)[C@H](NC(=O)c1ccc(-n2cnc3ccccc3c2=O)cc1)C(C)C. The van der Waals surface area contributed by atoms with Gasteiger partial charge in [-0.05, 0) is 42.3 Å². The molecule has 0 saturated heterocycles. The van der Waals surface area contributed by atoms with Crippen molar-refractivity contribution in [2.45, 2.75) is 19.9 Å². The third-order valence-electron chi connectivity index (χ3n) is 4.48. The van der Waals surface area contributed by atoms with E-state index in [4.69, 9.17) is 4.74 Å². The summed E-state index contributed by atoms with van der Waals surface area (Å²) in [5, 5.41) is 3.20. The molecule has 7 heteroatoms. The van der Waals surface area contributed by atoms with Gasteiger partial charge in [-0.15, -0.1) is 0 Å². The molecule has 0 aliphatic carbocycles. The number of benzene rings is 2. The maximum atomic E-state index is 12.7. The maximum absolute atomic E-state index is 12.7. The summed E-state index contributed by atoms with van der Waals surface area (Å²) in [6.07, 6.45) is 1.46. The number of fused-ring (bicyclic) bond motifs is 1. The number of carbonyl (C=O) groups is 2. The third kappa shape index (κ3) is 3.78. The van der Waals surface area contributed by atoms with Crippen LogP contribution in [0, 0.1) is 5.92 Å². The van der Waals surface area contributed by atoms with Crippen LogP contribution < -0.4 is 10.9 Å². The normalized spacial score (nSPS) is 12.0. The molecule has 1 aromatic heterocycles. The standard InChI is InChI=1S/C21H21N3O4/c1-13(2)18(21(27)28-3)23-19(25)14-8-10-15(11-9-14)24-12-22-17-7-5-4-6-16(17)20(24)26/h4-13,18H,1-3H3,(H,23,25)/t18-/m1/s1. The van der Waals surface area contributed by atoms with Crippen LogP contribution in [0.1, 0.15) is 24.2 Å². The van der Waals surface area contributed by atoms with Crippen LogP contribution in [0.3, 0.4) is 0 Å². The highest BCUT2D eigenvalue weighted by atomic mass is 16.5. The average molecular weight is 379 g/mol. The first-order valence-corrected chi connectivity index (χ1v) is 8.88. The van der Waals surface area contributed by atoms with E-state index in [1.807, 2.05) is 19.9 Å². The van der Waals surface area contributed by atoms with E-state index in [1.54, 1.807) is 42.5 Å². The fourth-order valence-corrected chi connectivity index (χ4v) is 2.88. The summed E-state index contributed by atoms with van der Waals surface area (Å²) in [7, 11) is 1.29. The monoisotopic (exact) mass is 379 g/mol. The number of nitrogens with zero attached hydrogens (tertiary/aromatic N) is 2. The summed E-state index contributed by atoms with van der Waals surface area (Å²) in [6.45, 7) is 3.65. The number of methoxy groups -OCH3 is 1. The molecule has 0 radical (unpaired) electrons. The van der Waals surface area contributed by atoms with E-state index in [1.165, 1.54) is 18.0 Å². The number of esters is 1. The van der Waals surface area contributed by atoms with Gasteiger partial charge < -0.3 is 10.1 Å². The predicted octanol–water partition coefficient (Wildman–Crippen LogP) is 2.31. The van der Waals surface area contributed by atoms with Gasteiger partial charge in [0, 0.05) is 5.56 Å². The van der Waals surface area contributed by atoms with Crippen molar-refractivity contribution >= 4 is 22.8 Å². The van der Waals surface area contributed by atoms with Crippen LogP contribution >= 0.6 is 0 Å². The minimum Gasteiger partial charge on any atom is -0.467 e. The van der Waals surface area contributed by atoms with Gasteiger partial charge in [0.2, 0.25) is 0 Å². The van der Waals surface area contributed by atoms with Crippen LogP contribution in [0.2, 0.25) is 0 Å². The van der Waals surface area contributed by atoms with Gasteiger partial charge in [0.05, 0.1) is 23.7 Å². The quantitative estimate of drug-likeness (QED) is 0.687. The van der Waals surface area contributed by atoms with Crippen LogP contribution in [0.15, 0.2) is 59.7 Å². The van der Waals surface area contributed by atoms with Crippen molar-refractivity contribution < 1.29 is 14.3 Å². The minimum atomic E-state index is -0.732. The summed E-state index contributed by atoms with van der Waals surface area (Å²) in [4.78, 5) is 41.3. The van der Waals surface area contributed by atoms with Gasteiger partial charge in [-0.1, -0.05) is 26.0 Å². The van der Waals surface area contributed by atoms with Gasteiger partial charge >= 0.3 is 5.97 Å². The number of nitrogens with one attached hydrogen (secondary N) is 1. The van der Waals surface area contributed by atoms with E-state index in [9.17, 15) is 14.4 Å². The lowest BCUT2D eigenvalue weighted by Gasteiger charge is -2.19. The number of hydrogen-bond acceptors (Lipinski definition) is 5. The summed E-state index contributed by atoms with van der Waals surface area (Å²) < 4.78 is 6.16. The molecule has 7 nitrogen and oxygen atoms in total. The lowest BCUT2D eigenvalue weighted by atomic mass is 10.0. The Morgan fingerprint density at radius 2 is 1.75 bits per heavy atom. The Balaban J connectivity index is 1.86. The molecule has 3 aromatic rings. The molecule has 28 heavy (non-hydrogen) atoms. The largest absolute Gasteiger partial charge is 0.467 e. The van der Waals surface area contributed by atoms with E-state index in [0.29, 0.717) is 22.2 Å². The predicted molar refractivity (Wildman–Crippen MR) is 105 cm³/mol. The molecular weight excluding hydrogens is 358 g/mol. The third-order valence-corrected chi connectivity index (χ3v) is 4.48. The second-order valence-corrected chi connectivity index (χ2v) is 6.70. The summed E-state index contributed by atoms with van der Waals surface area (Å²) in [6, 6.07) is 12.9. The minimum absolute atomic E-state index is 0.113. The number of aromatic nitrogens is 2. The molecule has 0 fully saturated rings. The highest BCUT2D eigenvalue weighted by Crippen LogP contribution is 2.12. The molecule has 1 atom stereocenters. The van der Waals surface area contributed by atoms with Gasteiger partial charge in [-0.2, -0.15) is 0 Å². The van der Waals surface area contributed by atoms with Crippen molar-refractivity contribution in [3.05, 3.63) is 70.8 Å². The van der Waals surface area contributed by atoms with Crippen molar-refractivity contribution in [1.82, 2.24) is 14.9 Å². The van der Waals surface area contributed by atoms with Gasteiger partial charge in [-0.25, -0.2) is 9.78 Å². The van der Waals surface area contributed by atoms with Crippen molar-refractivity contribution in [1.29, 1.82) is 0 Å². The molecule has 0 bridgehead atoms. The van der Waals surface area contributed by atoms with Crippen LogP contribution in [0.25, 0.3) is 16.6 Å². The number of amides is 1. The molecule has 2 aromatic carbocycles. The zero-order valence-corrected chi connectivity index (χ0v) is 15.9. The Labute approximate surface area is 162 Å². The van der Waals surface area contributed by atoms with Gasteiger partial charge in [0.25, 0.3) is 11.5 Å². The van der Waals surface area contributed by atoms with Crippen molar-refractivity contribution in [2.24, 2.45) is 5.92 Å². The number of ether oxygens (including phenoxy) is 1. The first kappa shape index (κ1) is 19.3. The van der Waals surface area contributed by atoms with E-state index < -0.39 is 12.0 Å². The zero-order valence-electron chi connectivity index (χ0n) is 15.9. The molecular formula is C21H21N3O4. The van der Waals surface area contributed by atoms with E-state index in [0.717, 1.165) is 0 Å². The van der Waals surface area contributed by atoms with Crippen molar-refractivity contribution in [3.63, 3.8) is 0 Å². The molecule has 144 valence electrons. The summed E-state index contributed by atoms with van der Waals surface area (Å²) in [5.41, 5.74) is 1.41. The highest BCUT2D eigenvalue weighted by molar-refractivity contribution is 5.97. The molecule has 0 aliphatic rings. The first-order valence-electron chi connectivity index (χ1n) is 8.88. The molecule has 1 heterocycles. The first-order chi connectivity index (χ1) is 13.4. The molecule has 0 saturated carbocycles. The molecule has 1 N–H and O–H groups in total. The van der Waals surface area contributed by atoms with Crippen LogP contribution in [0.5, 0.6) is 0 Å². The van der Waals surface area contributed by atoms with Gasteiger partial charge in [0.15, 0.2) is 0 Å². The lowest BCUT2D eigenvalue weighted by Crippen LogP contribution is -2.45. The molecule has 1 amide bonds. The Hall–Kier alpha value is -3.48. The maximum Gasteiger partial charge on any atom is 0.328 e. The fraction of sp³-hybridized carbons (Fsp3) is 0.238. The molecule has 0 aliphatic heterocycles. The van der Waals surface area contributed by atoms with E-state index >= 15 is 0 Å². The average Bonchev–Trinajstić information content (AvgIpc) is 2.71. The summed E-state index contributed by atoms with van der Waals surface area (Å²) >= 11 is 0. The second-order valence-electron chi connectivity index (χ2n) is 6.70. The zero-order chi connectivity index (χ0) is 20.3. The van der Waals surface area contributed by atoms with Gasteiger partial charge in [-0.3, -0.25) is 14.2 Å². The Morgan fingerprint density at radius 3 is 2.39 bits per heavy atom. The van der Waals surface area contributed by atoms with Crippen LogP contribution in [-0.4, -0.2) is 34.6 Å². The second kappa shape index (κ2) is 8.04. The number of rotatable bonds is 5. The van der Waals surface area contributed by atoms with Crippen LogP contribution in [0.4, 0.5) is 0 Å². The number of para-hydroxylation sites is 1. The van der Waals surface area contributed by atoms with Gasteiger partial charge in [0.1, 0.15) is 12.4 Å². The Kier molecular flexibility index (Phi) is 5.54. The number of hydrogen-bond donors (Lipinski definition) is 1. The lowest BCUT2D eigenvalue weighted by molar-refractivity contribution is -0.144. The molecule has 0 unspecified atom stereocenters. The topological polar surface area (TPSA) is 90.3 Å². The summed E-state index contributed by atoms with van der Waals surface area (Å²) in [5.74, 6) is -0.994.